The highest BCUT2D eigenvalue weighted by molar-refractivity contribution is 5.26. The SMILES string of the molecule is CCCCC[C@H]1CC[C@@](C#N)(C2=CC[C@H](CCCC)CC2)CC1. The fraction of sp³-hybridized carbons (Fsp3) is 0.864. The second-order valence-electron chi connectivity index (χ2n) is 8.15. The van der Waals surface area contributed by atoms with Crippen LogP contribution < -0.4 is 0 Å². The van der Waals surface area contributed by atoms with E-state index in [1.165, 1.54) is 82.6 Å². The van der Waals surface area contributed by atoms with Crippen molar-refractivity contribution >= 4 is 0 Å². The fourth-order valence-corrected chi connectivity index (χ4v) is 4.72. The summed E-state index contributed by atoms with van der Waals surface area (Å²) in [5, 5.41) is 9.91. The molecule has 2 rings (SSSR count). The number of unbranched alkanes of at least 4 members (excludes halogenated alkanes) is 3. The highest BCUT2D eigenvalue weighted by Gasteiger charge is 2.39. The molecule has 2 aliphatic rings. The molecular formula is C22H37N. The van der Waals surface area contributed by atoms with Gasteiger partial charge in [-0.15, -0.1) is 0 Å². The van der Waals surface area contributed by atoms with E-state index in [0.29, 0.717) is 0 Å². The number of hydrogen-bond acceptors (Lipinski definition) is 1. The van der Waals surface area contributed by atoms with Gasteiger partial charge >= 0.3 is 0 Å². The van der Waals surface area contributed by atoms with Crippen LogP contribution in [0.1, 0.15) is 104 Å². The lowest BCUT2D eigenvalue weighted by Crippen LogP contribution is -2.29. The maximum absolute atomic E-state index is 9.91. The first-order valence-electron chi connectivity index (χ1n) is 10.3. The van der Waals surface area contributed by atoms with Gasteiger partial charge < -0.3 is 0 Å². The molecule has 0 aromatic rings. The monoisotopic (exact) mass is 315 g/mol. The molecule has 23 heavy (non-hydrogen) atoms. The molecule has 0 saturated heterocycles. The molecule has 2 aliphatic carbocycles. The van der Waals surface area contributed by atoms with Crippen molar-refractivity contribution in [3.63, 3.8) is 0 Å². The molecule has 0 N–H and O–H groups in total. The molecule has 0 aromatic heterocycles. The Hall–Kier alpha value is -0.770. The van der Waals surface area contributed by atoms with Gasteiger partial charge in [-0.05, 0) is 56.8 Å². The summed E-state index contributed by atoms with van der Waals surface area (Å²) in [5.74, 6) is 1.78. The van der Waals surface area contributed by atoms with Gasteiger partial charge in [0.2, 0.25) is 0 Å². The van der Waals surface area contributed by atoms with E-state index in [9.17, 15) is 5.26 Å². The third kappa shape index (κ3) is 5.10. The lowest BCUT2D eigenvalue weighted by Gasteiger charge is -2.39. The zero-order valence-corrected chi connectivity index (χ0v) is 15.6. The Morgan fingerprint density at radius 2 is 1.70 bits per heavy atom. The lowest BCUT2D eigenvalue weighted by atomic mass is 9.64. The minimum Gasteiger partial charge on any atom is -0.197 e. The van der Waals surface area contributed by atoms with Crippen molar-refractivity contribution in [1.82, 2.24) is 0 Å². The summed E-state index contributed by atoms with van der Waals surface area (Å²) in [4.78, 5) is 0. The van der Waals surface area contributed by atoms with Crippen LogP contribution in [0.4, 0.5) is 0 Å². The first-order chi connectivity index (χ1) is 11.2. The van der Waals surface area contributed by atoms with Crippen molar-refractivity contribution < 1.29 is 0 Å². The van der Waals surface area contributed by atoms with E-state index in [1.807, 2.05) is 0 Å². The van der Waals surface area contributed by atoms with Gasteiger partial charge in [-0.1, -0.05) is 70.4 Å². The van der Waals surface area contributed by atoms with E-state index in [2.05, 4.69) is 26.0 Å². The minimum absolute atomic E-state index is 0.0863. The van der Waals surface area contributed by atoms with Crippen molar-refractivity contribution in [3.05, 3.63) is 11.6 Å². The second kappa shape index (κ2) is 9.51. The van der Waals surface area contributed by atoms with Crippen LogP contribution in [0, 0.1) is 28.6 Å². The number of nitriles is 1. The van der Waals surface area contributed by atoms with Crippen LogP contribution in [0.3, 0.4) is 0 Å². The smallest absolute Gasteiger partial charge is 0.0782 e. The van der Waals surface area contributed by atoms with Crippen LogP contribution in [0.5, 0.6) is 0 Å². The quantitative estimate of drug-likeness (QED) is 0.343. The van der Waals surface area contributed by atoms with Crippen molar-refractivity contribution in [2.24, 2.45) is 17.3 Å². The van der Waals surface area contributed by atoms with Gasteiger partial charge in [0.25, 0.3) is 0 Å². The molecule has 0 radical (unpaired) electrons. The lowest BCUT2D eigenvalue weighted by molar-refractivity contribution is 0.221. The Morgan fingerprint density at radius 1 is 1.00 bits per heavy atom. The molecule has 1 fully saturated rings. The zero-order chi connectivity index (χ0) is 16.5. The molecule has 1 nitrogen and oxygen atoms in total. The molecule has 0 spiro atoms. The van der Waals surface area contributed by atoms with Crippen LogP contribution >= 0.6 is 0 Å². The summed E-state index contributed by atoms with van der Waals surface area (Å²) in [7, 11) is 0. The van der Waals surface area contributed by atoms with E-state index in [4.69, 9.17) is 0 Å². The maximum atomic E-state index is 9.91. The molecule has 0 aromatic carbocycles. The highest BCUT2D eigenvalue weighted by Crippen LogP contribution is 2.48. The van der Waals surface area contributed by atoms with Crippen molar-refractivity contribution in [3.8, 4) is 6.07 Å². The number of rotatable bonds is 8. The topological polar surface area (TPSA) is 23.8 Å². The Morgan fingerprint density at radius 3 is 2.26 bits per heavy atom. The Balaban J connectivity index is 1.86. The third-order valence-corrected chi connectivity index (χ3v) is 6.49. The van der Waals surface area contributed by atoms with Gasteiger partial charge in [-0.25, -0.2) is 0 Å². The van der Waals surface area contributed by atoms with Gasteiger partial charge in [0.15, 0.2) is 0 Å². The number of allylic oxidation sites excluding steroid dienone is 2. The number of hydrogen-bond donors (Lipinski definition) is 0. The molecule has 0 aliphatic heterocycles. The van der Waals surface area contributed by atoms with Gasteiger partial charge in [0.05, 0.1) is 11.5 Å². The molecule has 1 saturated carbocycles. The van der Waals surface area contributed by atoms with E-state index in [0.717, 1.165) is 24.7 Å². The van der Waals surface area contributed by atoms with Crippen LogP contribution in [0.25, 0.3) is 0 Å². The van der Waals surface area contributed by atoms with Crippen LogP contribution in [-0.4, -0.2) is 0 Å². The summed E-state index contributed by atoms with van der Waals surface area (Å²) in [6.07, 6.45) is 20.6. The first-order valence-corrected chi connectivity index (χ1v) is 10.3. The fourth-order valence-electron chi connectivity index (χ4n) is 4.72. The second-order valence-corrected chi connectivity index (χ2v) is 8.15. The van der Waals surface area contributed by atoms with Crippen molar-refractivity contribution in [1.29, 1.82) is 5.26 Å². The normalized spacial score (nSPS) is 31.4. The minimum atomic E-state index is -0.0863. The Bertz CT molecular complexity index is 406. The summed E-state index contributed by atoms with van der Waals surface area (Å²) in [6.45, 7) is 4.57. The molecule has 0 bridgehead atoms. The molecule has 0 unspecified atom stereocenters. The predicted octanol–water partition coefficient (Wildman–Crippen LogP) is 7.18. The van der Waals surface area contributed by atoms with Gasteiger partial charge in [-0.3, -0.25) is 0 Å². The van der Waals surface area contributed by atoms with Crippen LogP contribution in [0.2, 0.25) is 0 Å². The van der Waals surface area contributed by atoms with Crippen molar-refractivity contribution in [2.45, 2.75) is 104 Å². The summed E-state index contributed by atoms with van der Waals surface area (Å²) < 4.78 is 0. The average Bonchev–Trinajstić information content (AvgIpc) is 2.61. The molecule has 1 heteroatoms. The molecular weight excluding hydrogens is 278 g/mol. The van der Waals surface area contributed by atoms with E-state index in [1.54, 1.807) is 0 Å². The van der Waals surface area contributed by atoms with E-state index >= 15 is 0 Å². The number of nitrogens with zero attached hydrogens (tertiary/aromatic N) is 1. The standard InChI is InChI=1S/C22H37N/c1-3-5-7-9-20-14-16-22(18-23,17-15-20)21-12-10-19(11-13-21)8-6-4-2/h12,19-20H,3-11,13-17H2,1-2H3/t19-,20-,22+/m0/s1. The summed E-state index contributed by atoms with van der Waals surface area (Å²) in [6, 6.07) is 2.76. The maximum Gasteiger partial charge on any atom is 0.0782 e. The largest absolute Gasteiger partial charge is 0.197 e. The Kier molecular flexibility index (Phi) is 7.68. The Labute approximate surface area is 144 Å². The predicted molar refractivity (Wildman–Crippen MR) is 99.1 cm³/mol. The van der Waals surface area contributed by atoms with Gasteiger partial charge in [0.1, 0.15) is 0 Å². The molecule has 1 atom stereocenters. The van der Waals surface area contributed by atoms with Crippen LogP contribution in [-0.2, 0) is 0 Å². The summed E-state index contributed by atoms with van der Waals surface area (Å²) >= 11 is 0. The van der Waals surface area contributed by atoms with E-state index in [-0.39, 0.29) is 5.41 Å². The average molecular weight is 316 g/mol. The van der Waals surface area contributed by atoms with Gasteiger partial charge in [0, 0.05) is 0 Å². The molecule has 0 amide bonds. The van der Waals surface area contributed by atoms with Crippen molar-refractivity contribution in [2.75, 3.05) is 0 Å². The summed E-state index contributed by atoms with van der Waals surface area (Å²) in [5.41, 5.74) is 1.43. The van der Waals surface area contributed by atoms with E-state index < -0.39 is 0 Å². The highest BCUT2D eigenvalue weighted by atomic mass is 14.4. The molecule has 130 valence electrons. The zero-order valence-electron chi connectivity index (χ0n) is 15.6. The third-order valence-electron chi connectivity index (χ3n) is 6.49. The first kappa shape index (κ1) is 18.6. The van der Waals surface area contributed by atoms with Gasteiger partial charge in [-0.2, -0.15) is 5.26 Å². The van der Waals surface area contributed by atoms with Crippen LogP contribution in [0.15, 0.2) is 11.6 Å². The molecule has 0 heterocycles.